The first-order valence-corrected chi connectivity index (χ1v) is 7.45. The third-order valence-electron chi connectivity index (χ3n) is 3.78. The zero-order valence-electron chi connectivity index (χ0n) is 12.4. The molecule has 22 heavy (non-hydrogen) atoms. The van der Waals surface area contributed by atoms with Crippen molar-refractivity contribution in [3.63, 3.8) is 0 Å². The number of hydrogen-bond donors (Lipinski definition) is 0. The van der Waals surface area contributed by atoms with Crippen LogP contribution < -0.4 is 4.90 Å². The summed E-state index contributed by atoms with van der Waals surface area (Å²) in [7, 11) is 0. The van der Waals surface area contributed by atoms with Gasteiger partial charge >= 0.3 is 0 Å². The molecule has 1 aromatic carbocycles. The maximum absolute atomic E-state index is 14.3. The van der Waals surface area contributed by atoms with Crippen molar-refractivity contribution in [2.75, 3.05) is 11.4 Å². The van der Waals surface area contributed by atoms with Crippen molar-refractivity contribution in [1.29, 1.82) is 0 Å². The van der Waals surface area contributed by atoms with Gasteiger partial charge in [0.15, 0.2) is 0 Å². The van der Waals surface area contributed by atoms with Gasteiger partial charge in [0, 0.05) is 17.8 Å². The monoisotopic (exact) mass is 319 g/mol. The van der Waals surface area contributed by atoms with Crippen LogP contribution in [0.3, 0.4) is 0 Å². The lowest BCUT2D eigenvalue weighted by Gasteiger charge is -2.30. The average molecular weight is 320 g/mol. The van der Waals surface area contributed by atoms with E-state index >= 15 is 0 Å². The second-order valence-corrected chi connectivity index (χ2v) is 5.81. The van der Waals surface area contributed by atoms with E-state index in [1.807, 2.05) is 0 Å². The number of rotatable bonds is 1. The molecule has 3 rings (SSSR count). The molecule has 0 N–H and O–H groups in total. The molecule has 0 fully saturated rings. The third-order valence-corrected chi connectivity index (χ3v) is 4.00. The van der Waals surface area contributed by atoms with Crippen LogP contribution in [0.15, 0.2) is 18.3 Å². The maximum atomic E-state index is 14.3. The highest BCUT2D eigenvalue weighted by Crippen LogP contribution is 2.33. The van der Waals surface area contributed by atoms with E-state index < -0.39 is 5.82 Å². The van der Waals surface area contributed by atoms with Gasteiger partial charge in [-0.25, -0.2) is 14.4 Å². The van der Waals surface area contributed by atoms with Crippen LogP contribution in [0.5, 0.6) is 0 Å². The lowest BCUT2D eigenvalue weighted by atomic mass is 10.0. The maximum Gasteiger partial charge on any atom is 0.261 e. The zero-order chi connectivity index (χ0) is 15.9. The third kappa shape index (κ3) is 2.57. The molecule has 0 saturated carbocycles. The van der Waals surface area contributed by atoms with Crippen molar-refractivity contribution >= 4 is 23.2 Å². The van der Waals surface area contributed by atoms with E-state index in [0.29, 0.717) is 40.8 Å². The molecule has 0 atom stereocenters. The van der Waals surface area contributed by atoms with E-state index in [2.05, 4.69) is 9.97 Å². The van der Waals surface area contributed by atoms with Crippen molar-refractivity contribution < 1.29 is 9.18 Å². The quantitative estimate of drug-likeness (QED) is 0.808. The van der Waals surface area contributed by atoms with Crippen LogP contribution in [0, 0.1) is 19.7 Å². The molecule has 1 aliphatic heterocycles. The summed E-state index contributed by atoms with van der Waals surface area (Å²) in [4.78, 5) is 22.5. The largest absolute Gasteiger partial charge is 0.305 e. The van der Waals surface area contributed by atoms with Gasteiger partial charge in [-0.15, -0.1) is 0 Å². The standard InChI is InChI=1S/C16H15ClFN3O/c1-9-13(8-19-10(2)20-9)16(22)21-5-3-4-11-6-12(17)7-14(18)15(11)21/h6-8H,3-5H2,1-2H3. The molecule has 0 saturated heterocycles. The van der Waals surface area contributed by atoms with Crippen LogP contribution in [0.25, 0.3) is 0 Å². The molecule has 0 bridgehead atoms. The van der Waals surface area contributed by atoms with E-state index in [0.717, 1.165) is 12.0 Å². The number of amides is 1. The number of halogens is 2. The van der Waals surface area contributed by atoms with Gasteiger partial charge in [-0.1, -0.05) is 11.6 Å². The van der Waals surface area contributed by atoms with Crippen LogP contribution in [-0.4, -0.2) is 22.4 Å². The van der Waals surface area contributed by atoms with E-state index in [1.54, 1.807) is 19.9 Å². The van der Waals surface area contributed by atoms with Gasteiger partial charge in [-0.2, -0.15) is 0 Å². The summed E-state index contributed by atoms with van der Waals surface area (Å²) in [6.45, 7) is 3.99. The minimum absolute atomic E-state index is 0.278. The molecule has 2 heterocycles. The number of aromatic nitrogens is 2. The Hall–Kier alpha value is -2.01. The first kappa shape index (κ1) is 14.9. The second-order valence-electron chi connectivity index (χ2n) is 5.37. The molecule has 0 radical (unpaired) electrons. The molecule has 0 spiro atoms. The number of hydrogen-bond acceptors (Lipinski definition) is 3. The summed E-state index contributed by atoms with van der Waals surface area (Å²) in [5, 5.41) is 0.348. The Kier molecular flexibility index (Phi) is 3.83. The number of carbonyl (C=O) groups excluding carboxylic acids is 1. The molecule has 6 heteroatoms. The highest BCUT2D eigenvalue weighted by atomic mass is 35.5. The highest BCUT2D eigenvalue weighted by Gasteiger charge is 2.28. The minimum Gasteiger partial charge on any atom is -0.305 e. The summed E-state index contributed by atoms with van der Waals surface area (Å²) in [5.74, 6) is -0.146. The number of benzene rings is 1. The molecular formula is C16H15ClFN3O. The van der Waals surface area contributed by atoms with Crippen molar-refractivity contribution in [2.24, 2.45) is 0 Å². The normalized spacial score (nSPS) is 13.9. The summed E-state index contributed by atoms with van der Waals surface area (Å²) in [6.07, 6.45) is 2.98. The van der Waals surface area contributed by atoms with Gasteiger partial charge in [0.05, 0.1) is 16.9 Å². The molecule has 1 amide bonds. The lowest BCUT2D eigenvalue weighted by molar-refractivity contribution is 0.0982. The second kappa shape index (κ2) is 5.65. The van der Waals surface area contributed by atoms with Gasteiger partial charge in [0.2, 0.25) is 0 Å². The smallest absolute Gasteiger partial charge is 0.261 e. The van der Waals surface area contributed by atoms with Gasteiger partial charge in [0.25, 0.3) is 5.91 Å². The highest BCUT2D eigenvalue weighted by molar-refractivity contribution is 6.30. The molecule has 4 nitrogen and oxygen atoms in total. The number of aryl methyl sites for hydroxylation is 3. The Morgan fingerprint density at radius 2 is 2.14 bits per heavy atom. The summed E-state index contributed by atoms with van der Waals surface area (Å²) in [5.41, 5.74) is 2.07. The molecule has 1 aliphatic rings. The number of fused-ring (bicyclic) bond motifs is 1. The van der Waals surface area contributed by atoms with Gasteiger partial charge in [-0.3, -0.25) is 4.79 Å². The predicted octanol–water partition coefficient (Wildman–Crippen LogP) is 3.48. The topological polar surface area (TPSA) is 46.1 Å². The average Bonchev–Trinajstić information content (AvgIpc) is 2.45. The van der Waals surface area contributed by atoms with Gasteiger partial charge in [-0.05, 0) is 44.4 Å². The van der Waals surface area contributed by atoms with E-state index in [9.17, 15) is 9.18 Å². The fourth-order valence-electron chi connectivity index (χ4n) is 2.79. The Morgan fingerprint density at radius 3 is 2.86 bits per heavy atom. The number of anilines is 1. The Labute approximate surface area is 133 Å². The zero-order valence-corrected chi connectivity index (χ0v) is 13.1. The Morgan fingerprint density at radius 1 is 1.36 bits per heavy atom. The molecular weight excluding hydrogens is 305 g/mol. The Bertz CT molecular complexity index is 763. The van der Waals surface area contributed by atoms with Gasteiger partial charge in [0.1, 0.15) is 11.6 Å². The SMILES string of the molecule is Cc1ncc(C(=O)N2CCCc3cc(Cl)cc(F)c32)c(C)n1. The van der Waals surface area contributed by atoms with Crippen LogP contribution in [0.1, 0.15) is 33.9 Å². The van der Waals surface area contributed by atoms with E-state index in [4.69, 9.17) is 11.6 Å². The Balaban J connectivity index is 2.06. The summed E-state index contributed by atoms with van der Waals surface area (Å²) in [6, 6.07) is 2.96. The first-order valence-electron chi connectivity index (χ1n) is 7.07. The fraction of sp³-hybridized carbons (Fsp3) is 0.312. The summed E-state index contributed by atoms with van der Waals surface area (Å²) >= 11 is 5.91. The summed E-state index contributed by atoms with van der Waals surface area (Å²) < 4.78 is 14.3. The fourth-order valence-corrected chi connectivity index (χ4v) is 3.02. The molecule has 0 unspecified atom stereocenters. The predicted molar refractivity (Wildman–Crippen MR) is 82.9 cm³/mol. The van der Waals surface area contributed by atoms with Crippen LogP contribution in [0.4, 0.5) is 10.1 Å². The lowest BCUT2D eigenvalue weighted by Crippen LogP contribution is -2.37. The van der Waals surface area contributed by atoms with Gasteiger partial charge < -0.3 is 4.90 Å². The van der Waals surface area contributed by atoms with Crippen molar-refractivity contribution in [3.8, 4) is 0 Å². The van der Waals surface area contributed by atoms with Crippen LogP contribution >= 0.6 is 11.6 Å². The molecule has 0 aliphatic carbocycles. The van der Waals surface area contributed by atoms with Crippen molar-refractivity contribution in [3.05, 3.63) is 51.8 Å². The van der Waals surface area contributed by atoms with Crippen LogP contribution in [-0.2, 0) is 6.42 Å². The van der Waals surface area contributed by atoms with Crippen LogP contribution in [0.2, 0.25) is 5.02 Å². The van der Waals surface area contributed by atoms with Crippen molar-refractivity contribution in [1.82, 2.24) is 9.97 Å². The van der Waals surface area contributed by atoms with E-state index in [1.165, 1.54) is 17.2 Å². The molecule has 114 valence electrons. The minimum atomic E-state index is -0.471. The molecule has 2 aromatic rings. The van der Waals surface area contributed by atoms with E-state index in [-0.39, 0.29) is 5.91 Å². The molecule has 1 aromatic heterocycles. The number of carbonyl (C=O) groups is 1. The first-order chi connectivity index (χ1) is 10.5. The number of nitrogens with zero attached hydrogens (tertiary/aromatic N) is 3. The van der Waals surface area contributed by atoms with Crippen molar-refractivity contribution in [2.45, 2.75) is 26.7 Å².